The van der Waals surface area contributed by atoms with Crippen LogP contribution >= 0.6 is 0 Å². The average Bonchev–Trinajstić information content (AvgIpc) is 2.06. The molecule has 0 radical (unpaired) electrons. The van der Waals surface area contributed by atoms with Crippen LogP contribution in [-0.4, -0.2) is 28.9 Å². The smallest absolute Gasteiger partial charge is 0.394 e. The Morgan fingerprint density at radius 3 is 2.12 bits per heavy atom. The molecule has 0 aliphatic heterocycles. The van der Waals surface area contributed by atoms with Gasteiger partial charge in [-0.2, -0.15) is 8.42 Å². The number of nitrogens with two attached hydrogens (primary N) is 2. The summed E-state index contributed by atoms with van der Waals surface area (Å²) in [5.74, 6) is 0. The van der Waals surface area contributed by atoms with Crippen molar-refractivity contribution in [2.24, 2.45) is 0 Å². The minimum absolute atomic E-state index is 0.538. The average molecular weight is 265 g/mol. The third kappa shape index (κ3) is 9.38. The Bertz CT molecular complexity index is 452. The number of hydrogen-bond donors (Lipinski definition) is 6. The first-order valence-electron chi connectivity index (χ1n) is 4.39. The number of anilines is 3. The van der Waals surface area contributed by atoms with Crippen molar-refractivity contribution in [3.63, 3.8) is 0 Å². The fourth-order valence-electron chi connectivity index (χ4n) is 0.938. The second kappa shape index (κ2) is 6.25. The van der Waals surface area contributed by atoms with E-state index in [4.69, 9.17) is 34.1 Å². The van der Waals surface area contributed by atoms with Crippen molar-refractivity contribution < 1.29 is 22.6 Å². The number of aliphatic hydroxyl groups excluding tert-OH is 1. The second-order valence-electron chi connectivity index (χ2n) is 3.11. The lowest BCUT2D eigenvalue weighted by Crippen LogP contribution is -2.14. The molecule has 1 aromatic rings. The molecule has 0 fully saturated rings. The highest BCUT2D eigenvalue weighted by molar-refractivity contribution is 7.79. The number of nitrogen functional groups attached to an aromatic ring is 2. The van der Waals surface area contributed by atoms with Crippen LogP contribution in [0.25, 0.3) is 0 Å². The van der Waals surface area contributed by atoms with E-state index in [2.05, 4.69) is 5.32 Å². The van der Waals surface area contributed by atoms with Gasteiger partial charge in [0.15, 0.2) is 0 Å². The van der Waals surface area contributed by atoms with Crippen LogP contribution in [0.5, 0.6) is 0 Å². The molecule has 17 heavy (non-hydrogen) atoms. The Morgan fingerprint density at radius 2 is 1.76 bits per heavy atom. The summed E-state index contributed by atoms with van der Waals surface area (Å²) in [6.07, 6.45) is -0.615. The molecule has 1 rings (SSSR count). The van der Waals surface area contributed by atoms with Gasteiger partial charge in [-0.1, -0.05) is 0 Å². The van der Waals surface area contributed by atoms with Crippen LogP contribution < -0.4 is 16.8 Å². The predicted octanol–water partition coefficient (Wildman–Crippen LogP) is -0.0516. The molecule has 0 aliphatic carbocycles. The molecular weight excluding hydrogens is 250 g/mol. The van der Waals surface area contributed by atoms with E-state index in [1.165, 1.54) is 0 Å². The topological polar surface area (TPSA) is 159 Å². The Balaban J connectivity index is 0.000000437. The lowest BCUT2D eigenvalue weighted by atomic mass is 10.2. The molecule has 8 N–H and O–H groups in total. The molecule has 0 amide bonds. The molecule has 0 saturated heterocycles. The zero-order valence-electron chi connectivity index (χ0n) is 9.03. The van der Waals surface area contributed by atoms with Gasteiger partial charge in [-0.05, 0) is 25.1 Å². The first kappa shape index (κ1) is 15.5. The molecule has 0 heterocycles. The molecule has 1 atom stereocenters. The van der Waals surface area contributed by atoms with Crippen LogP contribution in [0.4, 0.5) is 17.1 Å². The van der Waals surface area contributed by atoms with Gasteiger partial charge in [0, 0.05) is 5.69 Å². The highest BCUT2D eigenvalue weighted by Crippen LogP contribution is 2.21. The molecule has 1 unspecified atom stereocenters. The van der Waals surface area contributed by atoms with Crippen LogP contribution in [0.1, 0.15) is 6.92 Å². The van der Waals surface area contributed by atoms with Gasteiger partial charge in [-0.15, -0.1) is 0 Å². The second-order valence-corrected chi connectivity index (χ2v) is 4.01. The summed E-state index contributed by atoms with van der Waals surface area (Å²) in [5.41, 5.74) is 13.0. The summed E-state index contributed by atoms with van der Waals surface area (Å²) in [7, 11) is -4.67. The van der Waals surface area contributed by atoms with Gasteiger partial charge in [0.1, 0.15) is 6.23 Å². The number of nitrogens with one attached hydrogen (secondary N) is 1. The van der Waals surface area contributed by atoms with Crippen LogP contribution in [0.15, 0.2) is 18.2 Å². The number of hydrogen-bond acceptors (Lipinski definition) is 6. The summed E-state index contributed by atoms with van der Waals surface area (Å²) in [5, 5.41) is 11.8. The van der Waals surface area contributed by atoms with E-state index in [0.29, 0.717) is 17.1 Å². The van der Waals surface area contributed by atoms with Gasteiger partial charge in [0.05, 0.1) is 11.4 Å². The molecule has 0 saturated carbocycles. The van der Waals surface area contributed by atoms with Gasteiger partial charge >= 0.3 is 10.4 Å². The van der Waals surface area contributed by atoms with E-state index in [1.54, 1.807) is 25.1 Å². The van der Waals surface area contributed by atoms with Crippen molar-refractivity contribution in [1.29, 1.82) is 0 Å². The molecule has 0 bridgehead atoms. The number of aliphatic hydroxyl groups is 1. The fourth-order valence-corrected chi connectivity index (χ4v) is 0.938. The van der Waals surface area contributed by atoms with Gasteiger partial charge in [-0.3, -0.25) is 9.11 Å². The van der Waals surface area contributed by atoms with E-state index in [9.17, 15) is 0 Å². The van der Waals surface area contributed by atoms with Gasteiger partial charge in [0.25, 0.3) is 0 Å². The first-order valence-corrected chi connectivity index (χ1v) is 5.79. The molecule has 0 spiro atoms. The Morgan fingerprint density at radius 1 is 1.29 bits per heavy atom. The third-order valence-corrected chi connectivity index (χ3v) is 1.44. The van der Waals surface area contributed by atoms with Gasteiger partial charge < -0.3 is 21.9 Å². The lowest BCUT2D eigenvalue weighted by Gasteiger charge is -2.11. The quantitative estimate of drug-likeness (QED) is 0.246. The molecular formula is C8H15N3O5S. The van der Waals surface area contributed by atoms with Crippen LogP contribution in [0.2, 0.25) is 0 Å². The largest absolute Gasteiger partial charge is 0.399 e. The van der Waals surface area contributed by atoms with Crippen LogP contribution in [0.3, 0.4) is 0 Å². The standard InChI is InChI=1S/C8H13N3O.H2O4S/c1-5(12)11-8-3-2-6(9)4-7(8)10;1-5(2,3)4/h2-5,11-12H,9-10H2,1H3;(H2,1,2,3,4). The highest BCUT2D eigenvalue weighted by atomic mass is 32.3. The number of benzene rings is 1. The predicted molar refractivity (Wildman–Crippen MR) is 64.7 cm³/mol. The number of rotatable bonds is 2. The zero-order chi connectivity index (χ0) is 13.6. The molecule has 0 aromatic heterocycles. The van der Waals surface area contributed by atoms with E-state index in [1.807, 2.05) is 0 Å². The normalized spacial score (nSPS) is 12.2. The Hall–Kier alpha value is -1.55. The minimum Gasteiger partial charge on any atom is -0.399 e. The SMILES string of the molecule is CC(O)Nc1ccc(N)cc1N.O=S(=O)(O)O. The first-order chi connectivity index (χ1) is 7.59. The molecule has 8 nitrogen and oxygen atoms in total. The third-order valence-electron chi connectivity index (χ3n) is 1.44. The van der Waals surface area contributed by atoms with Crippen molar-refractivity contribution in [2.75, 3.05) is 16.8 Å². The van der Waals surface area contributed by atoms with E-state index in [-0.39, 0.29) is 0 Å². The van der Waals surface area contributed by atoms with Crippen molar-refractivity contribution in [3.8, 4) is 0 Å². The Kier molecular flexibility index (Phi) is 5.68. The van der Waals surface area contributed by atoms with Crippen molar-refractivity contribution >= 4 is 27.5 Å². The summed E-state index contributed by atoms with van der Waals surface area (Å²) >= 11 is 0. The van der Waals surface area contributed by atoms with Gasteiger partial charge in [0.2, 0.25) is 0 Å². The minimum atomic E-state index is -4.67. The van der Waals surface area contributed by atoms with Crippen molar-refractivity contribution in [2.45, 2.75) is 13.2 Å². The maximum atomic E-state index is 9.00. The van der Waals surface area contributed by atoms with Crippen molar-refractivity contribution in [1.82, 2.24) is 0 Å². The van der Waals surface area contributed by atoms with Crippen LogP contribution in [-0.2, 0) is 10.4 Å². The molecule has 98 valence electrons. The maximum Gasteiger partial charge on any atom is 0.394 e. The van der Waals surface area contributed by atoms with Crippen molar-refractivity contribution in [3.05, 3.63) is 18.2 Å². The van der Waals surface area contributed by atoms with Crippen LogP contribution in [0, 0.1) is 0 Å². The zero-order valence-corrected chi connectivity index (χ0v) is 9.85. The molecule has 9 heteroatoms. The lowest BCUT2D eigenvalue weighted by molar-refractivity contribution is 0.224. The maximum absolute atomic E-state index is 9.00. The highest BCUT2D eigenvalue weighted by Gasteiger charge is 2.00. The summed E-state index contributed by atoms with van der Waals surface area (Å²) in [4.78, 5) is 0. The van der Waals surface area contributed by atoms with E-state index >= 15 is 0 Å². The van der Waals surface area contributed by atoms with E-state index < -0.39 is 16.6 Å². The van der Waals surface area contributed by atoms with E-state index in [0.717, 1.165) is 0 Å². The van der Waals surface area contributed by atoms with Gasteiger partial charge in [-0.25, -0.2) is 0 Å². The molecule has 0 aliphatic rings. The monoisotopic (exact) mass is 265 g/mol. The summed E-state index contributed by atoms with van der Waals surface area (Å²) < 4.78 is 31.6. The fraction of sp³-hybridized carbons (Fsp3) is 0.250. The summed E-state index contributed by atoms with van der Waals surface area (Å²) in [6.45, 7) is 1.62. The summed E-state index contributed by atoms with van der Waals surface area (Å²) in [6, 6.07) is 5.10. The molecule has 1 aromatic carbocycles. The Labute approximate surface area is 98.8 Å².